The van der Waals surface area contributed by atoms with Gasteiger partial charge in [0.05, 0.1) is 45.7 Å². The summed E-state index contributed by atoms with van der Waals surface area (Å²) in [5, 5.41) is 0. The Bertz CT molecular complexity index is 2190. The van der Waals surface area contributed by atoms with Crippen molar-refractivity contribution in [2.75, 3.05) is 0 Å². The lowest BCUT2D eigenvalue weighted by molar-refractivity contribution is 0.586. The number of aromatic amines is 1. The molecular formula is C42H42N6. The lowest BCUT2D eigenvalue weighted by Crippen LogP contribution is -2.09. The Morgan fingerprint density at radius 3 is 1.90 bits per heavy atom. The standard InChI is InChI=1S/C30H27N3.C12H15N3/c1-20-17-21(2)28(22(3)18-20)31-19-27-32-29-25(23-11-7-5-8-12-23)15-16-26(30(29)33(27)4)24-13-9-6-10-14-24;1-12(2,3)13-8-11-14-9-6-4-5-7-10(9)15-11/h5-19H,1-4H3;4-8H,1-3H3,(H,14,15). The van der Waals surface area contributed by atoms with E-state index in [0.29, 0.717) is 0 Å². The number of H-pyrrole nitrogens is 1. The number of imidazole rings is 2. The van der Waals surface area contributed by atoms with Crippen molar-refractivity contribution in [3.8, 4) is 22.3 Å². The largest absolute Gasteiger partial charge is 0.337 e. The predicted molar refractivity (Wildman–Crippen MR) is 203 cm³/mol. The Kier molecular flexibility index (Phi) is 9.17. The van der Waals surface area contributed by atoms with Crippen molar-refractivity contribution in [1.29, 1.82) is 0 Å². The Balaban J connectivity index is 0.000000223. The summed E-state index contributed by atoms with van der Waals surface area (Å²) in [6.07, 6.45) is 3.69. The quantitative estimate of drug-likeness (QED) is 0.192. The number of aryl methyl sites for hydroxylation is 4. The second kappa shape index (κ2) is 13.6. The highest BCUT2D eigenvalue weighted by molar-refractivity contribution is 6.03. The van der Waals surface area contributed by atoms with Crippen LogP contribution in [0.1, 0.15) is 49.1 Å². The Hall–Kier alpha value is -5.62. The minimum atomic E-state index is -0.0566. The highest BCUT2D eigenvalue weighted by atomic mass is 15.1. The topological polar surface area (TPSA) is 71.2 Å². The lowest BCUT2D eigenvalue weighted by atomic mass is 9.98. The van der Waals surface area contributed by atoms with E-state index >= 15 is 0 Å². The molecule has 0 unspecified atom stereocenters. The van der Waals surface area contributed by atoms with Gasteiger partial charge in [-0.2, -0.15) is 0 Å². The first-order valence-corrected chi connectivity index (χ1v) is 16.3. The number of nitrogens with zero attached hydrogens (tertiary/aromatic N) is 5. The third kappa shape index (κ3) is 7.18. The Morgan fingerprint density at radius 2 is 1.27 bits per heavy atom. The third-order valence-electron chi connectivity index (χ3n) is 8.15. The number of hydrogen-bond acceptors (Lipinski definition) is 4. The van der Waals surface area contributed by atoms with Crippen molar-refractivity contribution in [2.45, 2.75) is 47.1 Å². The molecule has 0 spiro atoms. The maximum atomic E-state index is 5.08. The second-order valence-electron chi connectivity index (χ2n) is 13.2. The number of fused-ring (bicyclic) bond motifs is 2. The molecule has 0 bridgehead atoms. The van der Waals surface area contributed by atoms with Gasteiger partial charge >= 0.3 is 0 Å². The van der Waals surface area contributed by atoms with Gasteiger partial charge in [0, 0.05) is 18.2 Å². The van der Waals surface area contributed by atoms with E-state index in [1.165, 1.54) is 27.8 Å². The van der Waals surface area contributed by atoms with Crippen molar-refractivity contribution in [1.82, 2.24) is 19.5 Å². The van der Waals surface area contributed by atoms with Crippen molar-refractivity contribution >= 4 is 40.2 Å². The summed E-state index contributed by atoms with van der Waals surface area (Å²) in [6, 6.07) is 37.7. The van der Waals surface area contributed by atoms with Gasteiger partial charge in [0.15, 0.2) is 5.82 Å². The fraction of sp³-hybridized carbons (Fsp3) is 0.190. The fourth-order valence-electron chi connectivity index (χ4n) is 5.94. The fourth-order valence-corrected chi connectivity index (χ4v) is 5.94. The summed E-state index contributed by atoms with van der Waals surface area (Å²) < 4.78 is 2.16. The first-order valence-electron chi connectivity index (χ1n) is 16.3. The van der Waals surface area contributed by atoms with Crippen molar-refractivity contribution in [3.63, 3.8) is 0 Å². The third-order valence-corrected chi connectivity index (χ3v) is 8.15. The summed E-state index contributed by atoms with van der Waals surface area (Å²) in [5.41, 5.74) is 13.3. The minimum absolute atomic E-state index is 0.0566. The molecule has 2 heterocycles. The van der Waals surface area contributed by atoms with Gasteiger partial charge in [0.1, 0.15) is 5.82 Å². The molecule has 48 heavy (non-hydrogen) atoms. The highest BCUT2D eigenvalue weighted by Gasteiger charge is 2.17. The van der Waals surface area contributed by atoms with Crippen LogP contribution in [-0.2, 0) is 7.05 Å². The molecule has 7 rings (SSSR count). The minimum Gasteiger partial charge on any atom is -0.337 e. The van der Waals surface area contributed by atoms with Gasteiger partial charge in [-0.15, -0.1) is 0 Å². The molecule has 0 aliphatic heterocycles. The molecule has 0 radical (unpaired) electrons. The molecule has 0 aliphatic carbocycles. The van der Waals surface area contributed by atoms with Gasteiger partial charge in [0.25, 0.3) is 0 Å². The predicted octanol–water partition coefficient (Wildman–Crippen LogP) is 10.4. The maximum absolute atomic E-state index is 5.08. The van der Waals surface area contributed by atoms with Crippen LogP contribution in [0, 0.1) is 20.8 Å². The molecular weight excluding hydrogens is 589 g/mol. The number of para-hydroxylation sites is 2. The molecule has 6 nitrogen and oxygen atoms in total. The number of benzene rings is 5. The van der Waals surface area contributed by atoms with Gasteiger partial charge in [-0.1, -0.05) is 103 Å². The number of rotatable bonds is 5. The average molecular weight is 631 g/mol. The summed E-state index contributed by atoms with van der Waals surface area (Å²) in [6.45, 7) is 12.5. The van der Waals surface area contributed by atoms with Crippen molar-refractivity contribution < 1.29 is 0 Å². The number of hydrogen-bond donors (Lipinski definition) is 1. The molecule has 7 aromatic rings. The van der Waals surface area contributed by atoms with Gasteiger partial charge < -0.3 is 9.55 Å². The highest BCUT2D eigenvalue weighted by Crippen LogP contribution is 2.35. The number of aliphatic imine (C=N–C) groups is 2. The zero-order valence-electron chi connectivity index (χ0n) is 28.8. The van der Waals surface area contributed by atoms with Crippen LogP contribution in [0.3, 0.4) is 0 Å². The zero-order valence-corrected chi connectivity index (χ0v) is 28.8. The molecule has 5 aromatic carbocycles. The Labute approximate surface area is 283 Å². The molecule has 6 heteroatoms. The first kappa shape index (κ1) is 32.3. The van der Waals surface area contributed by atoms with Crippen molar-refractivity contribution in [2.24, 2.45) is 17.0 Å². The van der Waals surface area contributed by atoms with Gasteiger partial charge in [-0.05, 0) is 75.9 Å². The van der Waals surface area contributed by atoms with Crippen LogP contribution in [0.2, 0.25) is 0 Å². The van der Waals surface area contributed by atoms with Crippen LogP contribution in [0.25, 0.3) is 44.3 Å². The van der Waals surface area contributed by atoms with Crippen LogP contribution < -0.4 is 0 Å². The number of aromatic nitrogens is 4. The van der Waals surface area contributed by atoms with E-state index in [4.69, 9.17) is 9.98 Å². The summed E-state index contributed by atoms with van der Waals surface area (Å²) in [5.74, 6) is 1.65. The van der Waals surface area contributed by atoms with Crippen LogP contribution >= 0.6 is 0 Å². The molecule has 0 saturated carbocycles. The molecule has 240 valence electrons. The first-order chi connectivity index (χ1) is 23.1. The van der Waals surface area contributed by atoms with E-state index in [0.717, 1.165) is 50.5 Å². The summed E-state index contributed by atoms with van der Waals surface area (Å²) in [4.78, 5) is 22.0. The summed E-state index contributed by atoms with van der Waals surface area (Å²) >= 11 is 0. The molecule has 0 amide bonds. The van der Waals surface area contributed by atoms with Crippen LogP contribution in [0.5, 0.6) is 0 Å². The smallest absolute Gasteiger partial charge is 0.152 e. The molecule has 0 saturated heterocycles. The molecule has 1 N–H and O–H groups in total. The van der Waals surface area contributed by atoms with Crippen LogP contribution in [0.4, 0.5) is 5.69 Å². The molecule has 0 fully saturated rings. The SMILES string of the molecule is CC(C)(C)N=Cc1nc2ccccc2[nH]1.Cc1cc(C)c(N=Cc2nc3c(-c4ccccc4)ccc(-c4ccccc4)c3n2C)c(C)c1. The second-order valence-corrected chi connectivity index (χ2v) is 13.2. The molecule has 2 aromatic heterocycles. The summed E-state index contributed by atoms with van der Waals surface area (Å²) in [7, 11) is 2.08. The van der Waals surface area contributed by atoms with E-state index < -0.39 is 0 Å². The maximum Gasteiger partial charge on any atom is 0.152 e. The Morgan fingerprint density at radius 1 is 0.688 bits per heavy atom. The molecule has 0 aliphatic rings. The van der Waals surface area contributed by atoms with E-state index in [9.17, 15) is 0 Å². The van der Waals surface area contributed by atoms with Crippen molar-refractivity contribution in [3.05, 3.63) is 138 Å². The lowest BCUT2D eigenvalue weighted by Gasteiger charge is -2.10. The van der Waals surface area contributed by atoms with Crippen LogP contribution in [-0.4, -0.2) is 37.5 Å². The monoisotopic (exact) mass is 630 g/mol. The van der Waals surface area contributed by atoms with E-state index in [2.05, 4.69) is 141 Å². The zero-order chi connectivity index (χ0) is 33.8. The van der Waals surface area contributed by atoms with E-state index in [1.807, 2.05) is 42.6 Å². The van der Waals surface area contributed by atoms with E-state index in [1.54, 1.807) is 6.21 Å². The van der Waals surface area contributed by atoms with Gasteiger partial charge in [-0.3, -0.25) is 9.98 Å². The van der Waals surface area contributed by atoms with Gasteiger partial charge in [0.2, 0.25) is 0 Å². The van der Waals surface area contributed by atoms with Gasteiger partial charge in [-0.25, -0.2) is 9.97 Å². The normalized spacial score (nSPS) is 11.9. The average Bonchev–Trinajstić information content (AvgIpc) is 3.64. The number of nitrogens with one attached hydrogen (secondary N) is 1. The molecule has 0 atom stereocenters. The van der Waals surface area contributed by atoms with E-state index in [-0.39, 0.29) is 5.54 Å². The van der Waals surface area contributed by atoms with Crippen LogP contribution in [0.15, 0.2) is 119 Å².